The SMILES string of the molecule is Cc1ccc(S(=O)(=O)Nc2nc(C)c(Br)cc2Br)s1. The maximum Gasteiger partial charge on any atom is 0.272 e. The number of thiophene rings is 1. The lowest BCUT2D eigenvalue weighted by atomic mass is 10.4. The highest BCUT2D eigenvalue weighted by atomic mass is 79.9. The van der Waals surface area contributed by atoms with Crippen molar-refractivity contribution in [2.75, 3.05) is 4.72 Å². The quantitative estimate of drug-likeness (QED) is 0.805. The van der Waals surface area contributed by atoms with Crippen molar-refractivity contribution in [3.05, 3.63) is 37.7 Å². The fourth-order valence-corrected chi connectivity index (χ4v) is 4.84. The van der Waals surface area contributed by atoms with Crippen molar-refractivity contribution in [1.29, 1.82) is 0 Å². The molecule has 102 valence electrons. The van der Waals surface area contributed by atoms with E-state index in [9.17, 15) is 8.42 Å². The van der Waals surface area contributed by atoms with Crippen LogP contribution in [0, 0.1) is 13.8 Å². The third-order valence-electron chi connectivity index (χ3n) is 2.32. The number of hydrogen-bond donors (Lipinski definition) is 1. The van der Waals surface area contributed by atoms with Crippen molar-refractivity contribution >= 4 is 59.0 Å². The first-order valence-electron chi connectivity index (χ1n) is 5.21. The number of aryl methyl sites for hydroxylation is 2. The standard InChI is InChI=1S/C11H10Br2N2O2S2/c1-6-3-4-10(18-6)19(16,17)15-11-9(13)5-8(12)7(2)14-11/h3-5H,1-2H3,(H,14,15). The summed E-state index contributed by atoms with van der Waals surface area (Å²) in [5.41, 5.74) is 0.711. The molecule has 2 rings (SSSR count). The summed E-state index contributed by atoms with van der Waals surface area (Å²) in [6, 6.07) is 5.12. The van der Waals surface area contributed by atoms with Crippen LogP contribution in [0.5, 0.6) is 0 Å². The summed E-state index contributed by atoms with van der Waals surface area (Å²) >= 11 is 7.86. The molecule has 2 aromatic heterocycles. The van der Waals surface area contributed by atoms with Crippen molar-refractivity contribution in [2.24, 2.45) is 0 Å². The van der Waals surface area contributed by atoms with E-state index in [0.29, 0.717) is 10.2 Å². The van der Waals surface area contributed by atoms with Gasteiger partial charge in [-0.3, -0.25) is 4.72 Å². The van der Waals surface area contributed by atoms with Gasteiger partial charge in [-0.05, 0) is 63.9 Å². The van der Waals surface area contributed by atoms with Gasteiger partial charge in [0.1, 0.15) is 4.21 Å². The van der Waals surface area contributed by atoms with E-state index in [-0.39, 0.29) is 10.0 Å². The summed E-state index contributed by atoms with van der Waals surface area (Å²) in [5, 5.41) is 0. The van der Waals surface area contributed by atoms with Gasteiger partial charge in [0.25, 0.3) is 10.0 Å². The van der Waals surface area contributed by atoms with Gasteiger partial charge in [0.15, 0.2) is 5.82 Å². The Hall–Kier alpha value is -0.440. The van der Waals surface area contributed by atoms with Crippen molar-refractivity contribution in [1.82, 2.24) is 4.98 Å². The average Bonchev–Trinajstić information content (AvgIpc) is 2.73. The van der Waals surface area contributed by atoms with E-state index in [1.807, 2.05) is 6.92 Å². The first kappa shape index (κ1) is 15.0. The maximum atomic E-state index is 12.2. The second-order valence-electron chi connectivity index (χ2n) is 3.86. The molecule has 0 atom stereocenters. The minimum Gasteiger partial charge on any atom is -0.262 e. The molecule has 0 aliphatic rings. The highest BCUT2D eigenvalue weighted by molar-refractivity contribution is 9.11. The first-order valence-corrected chi connectivity index (χ1v) is 9.10. The maximum absolute atomic E-state index is 12.2. The molecular weight excluding hydrogens is 416 g/mol. The van der Waals surface area contributed by atoms with E-state index < -0.39 is 10.0 Å². The zero-order valence-corrected chi connectivity index (χ0v) is 14.9. The van der Waals surface area contributed by atoms with Crippen LogP contribution < -0.4 is 4.72 Å². The average molecular weight is 426 g/mol. The fraction of sp³-hybridized carbons (Fsp3) is 0.182. The normalized spacial score (nSPS) is 11.6. The largest absolute Gasteiger partial charge is 0.272 e. The number of rotatable bonds is 3. The monoisotopic (exact) mass is 424 g/mol. The number of nitrogens with zero attached hydrogens (tertiary/aromatic N) is 1. The summed E-state index contributed by atoms with van der Waals surface area (Å²) in [4.78, 5) is 5.15. The summed E-state index contributed by atoms with van der Waals surface area (Å²) in [6.07, 6.45) is 0. The molecule has 0 aromatic carbocycles. The number of anilines is 1. The van der Waals surface area contributed by atoms with Crippen molar-refractivity contribution in [2.45, 2.75) is 18.1 Å². The van der Waals surface area contributed by atoms with Gasteiger partial charge in [-0.2, -0.15) is 0 Å². The minimum absolute atomic E-state index is 0.277. The number of hydrogen-bond acceptors (Lipinski definition) is 4. The third kappa shape index (κ3) is 3.36. The zero-order valence-electron chi connectivity index (χ0n) is 10.1. The Morgan fingerprint density at radius 2 is 1.89 bits per heavy atom. The van der Waals surface area contributed by atoms with Gasteiger partial charge in [0.2, 0.25) is 0 Å². The zero-order chi connectivity index (χ0) is 14.2. The van der Waals surface area contributed by atoms with E-state index in [4.69, 9.17) is 0 Å². The number of pyridine rings is 1. The highest BCUT2D eigenvalue weighted by Crippen LogP contribution is 2.29. The van der Waals surface area contributed by atoms with Crippen LogP contribution >= 0.6 is 43.2 Å². The molecule has 0 saturated heterocycles. The fourth-order valence-electron chi connectivity index (χ4n) is 1.36. The lowest BCUT2D eigenvalue weighted by Crippen LogP contribution is -2.13. The molecule has 2 aromatic rings. The molecule has 0 bridgehead atoms. The van der Waals surface area contributed by atoms with Crippen LogP contribution in [0.2, 0.25) is 0 Å². The van der Waals surface area contributed by atoms with E-state index in [2.05, 4.69) is 41.6 Å². The highest BCUT2D eigenvalue weighted by Gasteiger charge is 2.19. The number of nitrogens with one attached hydrogen (secondary N) is 1. The molecule has 19 heavy (non-hydrogen) atoms. The van der Waals surface area contributed by atoms with Crippen LogP contribution in [-0.4, -0.2) is 13.4 Å². The molecule has 0 aliphatic heterocycles. The van der Waals surface area contributed by atoms with Gasteiger partial charge < -0.3 is 0 Å². The molecular formula is C11H10Br2N2O2S2. The Labute approximate surface area is 132 Å². The van der Waals surface area contributed by atoms with Gasteiger partial charge in [-0.15, -0.1) is 11.3 Å². The Balaban J connectivity index is 2.38. The Morgan fingerprint density at radius 1 is 1.21 bits per heavy atom. The molecule has 0 aliphatic carbocycles. The first-order chi connectivity index (χ1) is 8.79. The molecule has 0 saturated carbocycles. The molecule has 0 fully saturated rings. The summed E-state index contributed by atoms with van der Waals surface area (Å²) in [7, 11) is -3.58. The number of aromatic nitrogens is 1. The smallest absolute Gasteiger partial charge is 0.262 e. The molecule has 0 radical (unpaired) electrons. The summed E-state index contributed by atoms with van der Waals surface area (Å²) < 4.78 is 28.5. The molecule has 0 spiro atoms. The molecule has 2 heterocycles. The third-order valence-corrected chi connectivity index (χ3v) is 6.56. The van der Waals surface area contributed by atoms with Gasteiger partial charge in [0, 0.05) is 9.35 Å². The molecule has 0 unspecified atom stereocenters. The predicted octanol–water partition coefficient (Wildman–Crippen LogP) is 4.09. The van der Waals surface area contributed by atoms with Gasteiger partial charge in [0.05, 0.1) is 10.2 Å². The lowest BCUT2D eigenvalue weighted by molar-refractivity contribution is 0.603. The van der Waals surface area contributed by atoms with Crippen molar-refractivity contribution in [3.8, 4) is 0 Å². The summed E-state index contributed by atoms with van der Waals surface area (Å²) in [6.45, 7) is 3.66. The predicted molar refractivity (Wildman–Crippen MR) is 84.2 cm³/mol. The van der Waals surface area contributed by atoms with E-state index in [0.717, 1.165) is 9.35 Å². The van der Waals surface area contributed by atoms with Crippen LogP contribution in [0.15, 0.2) is 31.4 Å². The molecule has 4 nitrogen and oxygen atoms in total. The second-order valence-corrected chi connectivity index (χ2v) is 8.76. The minimum atomic E-state index is -3.58. The van der Waals surface area contributed by atoms with Crippen LogP contribution in [0.4, 0.5) is 5.82 Å². The molecule has 1 N–H and O–H groups in total. The van der Waals surface area contributed by atoms with Crippen molar-refractivity contribution < 1.29 is 8.42 Å². The number of halogens is 2. The second kappa shape index (κ2) is 5.51. The lowest BCUT2D eigenvalue weighted by Gasteiger charge is -2.09. The van der Waals surface area contributed by atoms with Crippen LogP contribution in [0.25, 0.3) is 0 Å². The molecule has 0 amide bonds. The molecule has 8 heteroatoms. The topological polar surface area (TPSA) is 59.1 Å². The Kier molecular flexibility index (Phi) is 4.34. The van der Waals surface area contributed by atoms with Gasteiger partial charge >= 0.3 is 0 Å². The van der Waals surface area contributed by atoms with Gasteiger partial charge in [-0.1, -0.05) is 0 Å². The number of sulfonamides is 1. The van der Waals surface area contributed by atoms with Crippen molar-refractivity contribution in [3.63, 3.8) is 0 Å². The Bertz CT molecular complexity index is 726. The Morgan fingerprint density at radius 3 is 2.47 bits per heavy atom. The van der Waals surface area contributed by atoms with E-state index >= 15 is 0 Å². The van der Waals surface area contributed by atoms with Crippen LogP contribution in [0.1, 0.15) is 10.6 Å². The van der Waals surface area contributed by atoms with E-state index in [1.165, 1.54) is 11.3 Å². The van der Waals surface area contributed by atoms with Crippen LogP contribution in [-0.2, 0) is 10.0 Å². The van der Waals surface area contributed by atoms with E-state index in [1.54, 1.807) is 25.1 Å². The van der Waals surface area contributed by atoms with Gasteiger partial charge in [-0.25, -0.2) is 13.4 Å². The summed E-state index contributed by atoms with van der Waals surface area (Å²) in [5.74, 6) is 0.284. The van der Waals surface area contributed by atoms with Crippen LogP contribution in [0.3, 0.4) is 0 Å².